The summed E-state index contributed by atoms with van der Waals surface area (Å²) in [7, 11) is -1.22. The lowest BCUT2D eigenvalue weighted by Gasteiger charge is -2.28. The fourth-order valence-electron chi connectivity index (χ4n) is 2.33. The van der Waals surface area contributed by atoms with Gasteiger partial charge in [-0.1, -0.05) is 6.92 Å². The first-order valence-electron chi connectivity index (χ1n) is 6.38. The van der Waals surface area contributed by atoms with E-state index in [1.807, 2.05) is 0 Å². The molecule has 1 heterocycles. The molecule has 3 N–H and O–H groups in total. The smallest absolute Gasteiger partial charge is 0.526 e. The molecule has 0 saturated heterocycles. The van der Waals surface area contributed by atoms with Crippen molar-refractivity contribution >= 4 is 18.9 Å². The first-order valence-corrected chi connectivity index (χ1v) is 6.38. The first kappa shape index (κ1) is 14.4. The Morgan fingerprint density at radius 1 is 1.45 bits per heavy atom. The average molecular weight is 278 g/mol. The van der Waals surface area contributed by atoms with Gasteiger partial charge in [0.1, 0.15) is 22.8 Å². The van der Waals surface area contributed by atoms with Crippen molar-refractivity contribution in [1.29, 1.82) is 0 Å². The van der Waals surface area contributed by atoms with Crippen LogP contribution in [-0.4, -0.2) is 34.1 Å². The number of hydrogen-bond acceptors (Lipinski definition) is 5. The van der Waals surface area contributed by atoms with E-state index in [4.69, 9.17) is 9.76 Å². The number of rotatable bonds is 4. The van der Waals surface area contributed by atoms with Gasteiger partial charge in [0, 0.05) is 18.7 Å². The number of carbonyl (C=O) groups excluding carboxylic acids is 1. The predicted octanol–water partition coefficient (Wildman–Crippen LogP) is 1.25. The number of benzene rings is 1. The molecule has 0 radical (unpaired) electrons. The minimum absolute atomic E-state index is 0.000267. The number of Topliss-reactive ketones (excluding diaryl/α,β-unsaturated/α-hetero) is 1. The van der Waals surface area contributed by atoms with E-state index in [1.165, 1.54) is 6.07 Å². The highest BCUT2D eigenvalue weighted by molar-refractivity contribution is 6.47. The van der Waals surface area contributed by atoms with E-state index in [0.717, 1.165) is 6.07 Å². The number of carbonyl (C=O) groups is 2. The Balaban J connectivity index is 2.34. The fourth-order valence-corrected chi connectivity index (χ4v) is 2.33. The van der Waals surface area contributed by atoms with Gasteiger partial charge < -0.3 is 19.9 Å². The zero-order valence-electron chi connectivity index (χ0n) is 11.0. The minimum atomic E-state index is -1.24. The molecule has 20 heavy (non-hydrogen) atoms. The second-order valence-corrected chi connectivity index (χ2v) is 4.86. The Morgan fingerprint density at radius 2 is 2.15 bits per heavy atom. The molecule has 1 aliphatic heterocycles. The van der Waals surface area contributed by atoms with Crippen LogP contribution in [0.3, 0.4) is 0 Å². The normalized spacial score (nSPS) is 17.3. The largest absolute Gasteiger partial charge is 0.535 e. The van der Waals surface area contributed by atoms with Crippen LogP contribution in [-0.2, 0) is 11.2 Å². The van der Waals surface area contributed by atoms with Crippen LogP contribution in [0.1, 0.15) is 35.7 Å². The van der Waals surface area contributed by atoms with Crippen LogP contribution >= 0.6 is 0 Å². The number of hydrogen-bond donors (Lipinski definition) is 3. The summed E-state index contributed by atoms with van der Waals surface area (Å²) in [6.45, 7) is 1.74. The van der Waals surface area contributed by atoms with Crippen LogP contribution in [0, 0.1) is 0 Å². The summed E-state index contributed by atoms with van der Waals surface area (Å²) in [5.41, 5.74) is 0.293. The van der Waals surface area contributed by atoms with Gasteiger partial charge in [0.25, 0.3) is 0 Å². The molecule has 106 valence electrons. The molecular formula is C13H15BO6. The van der Waals surface area contributed by atoms with Crippen molar-refractivity contribution in [1.82, 2.24) is 0 Å². The number of aromatic carboxylic acids is 1. The van der Waals surface area contributed by atoms with Gasteiger partial charge in [0.2, 0.25) is 0 Å². The summed E-state index contributed by atoms with van der Waals surface area (Å²) >= 11 is 0. The van der Waals surface area contributed by atoms with Gasteiger partial charge >= 0.3 is 13.1 Å². The van der Waals surface area contributed by atoms with Crippen LogP contribution in [0.5, 0.6) is 11.5 Å². The maximum Gasteiger partial charge on any atom is 0.526 e. The van der Waals surface area contributed by atoms with Crippen LogP contribution in [0.4, 0.5) is 0 Å². The number of fused-ring (bicyclic) bond motifs is 1. The molecule has 0 bridgehead atoms. The summed E-state index contributed by atoms with van der Waals surface area (Å²) < 4.78 is 5.25. The Hall–Kier alpha value is -2.02. The molecule has 0 amide bonds. The summed E-state index contributed by atoms with van der Waals surface area (Å²) in [4.78, 5) is 22.6. The number of aromatic hydroxyl groups is 1. The van der Waals surface area contributed by atoms with Crippen LogP contribution < -0.4 is 4.65 Å². The zero-order chi connectivity index (χ0) is 14.9. The number of ketones is 1. The van der Waals surface area contributed by atoms with E-state index in [9.17, 15) is 19.7 Å². The van der Waals surface area contributed by atoms with E-state index in [1.54, 1.807) is 6.92 Å². The molecule has 1 aromatic carbocycles. The third-order valence-electron chi connectivity index (χ3n) is 3.39. The zero-order valence-corrected chi connectivity index (χ0v) is 11.0. The van der Waals surface area contributed by atoms with Gasteiger partial charge in [-0.3, -0.25) is 4.79 Å². The monoisotopic (exact) mass is 278 g/mol. The second kappa shape index (κ2) is 5.54. The lowest BCUT2D eigenvalue weighted by molar-refractivity contribution is -0.118. The van der Waals surface area contributed by atoms with E-state index >= 15 is 0 Å². The molecule has 1 atom stereocenters. The van der Waals surface area contributed by atoms with Crippen molar-refractivity contribution in [2.75, 3.05) is 0 Å². The Labute approximate surface area is 116 Å². The van der Waals surface area contributed by atoms with Gasteiger partial charge in [-0.2, -0.15) is 0 Å². The van der Waals surface area contributed by atoms with Gasteiger partial charge in [-0.25, -0.2) is 4.79 Å². The lowest BCUT2D eigenvalue weighted by Crippen LogP contribution is -2.35. The highest BCUT2D eigenvalue weighted by atomic mass is 16.5. The van der Waals surface area contributed by atoms with E-state index in [2.05, 4.69) is 0 Å². The van der Waals surface area contributed by atoms with Gasteiger partial charge in [0.05, 0.1) is 0 Å². The molecule has 1 aromatic rings. The quantitative estimate of drug-likeness (QED) is 0.716. The topological polar surface area (TPSA) is 104 Å². The van der Waals surface area contributed by atoms with Crippen LogP contribution in [0.2, 0.25) is 5.82 Å². The molecule has 1 aliphatic rings. The third kappa shape index (κ3) is 2.77. The Bertz CT molecular complexity index is 556. The maximum atomic E-state index is 11.5. The van der Waals surface area contributed by atoms with Crippen molar-refractivity contribution in [3.05, 3.63) is 23.3 Å². The maximum absolute atomic E-state index is 11.5. The Kier molecular flexibility index (Phi) is 3.99. The van der Waals surface area contributed by atoms with Crippen molar-refractivity contribution in [2.24, 2.45) is 0 Å². The summed E-state index contributed by atoms with van der Waals surface area (Å²) in [5, 5.41) is 28.5. The summed E-state index contributed by atoms with van der Waals surface area (Å²) in [6, 6.07) is 2.47. The van der Waals surface area contributed by atoms with Crippen LogP contribution in [0.15, 0.2) is 12.1 Å². The molecule has 0 unspecified atom stereocenters. The standard InChI is InChI=1S/C13H15BO6/c1-2-9(15)5-8-3-7-4-10(16)6-11(13(17)18)12(7)20-14(8)19/h4,6,8,16,19H,2-3,5H2,1H3,(H,17,18)/t8-/m1/s1. The first-order chi connectivity index (χ1) is 9.42. The lowest BCUT2D eigenvalue weighted by atomic mass is 9.64. The van der Waals surface area contributed by atoms with Crippen LogP contribution in [0.25, 0.3) is 0 Å². The molecular weight excluding hydrogens is 263 g/mol. The SMILES string of the molecule is CCC(=O)C[C@H]1Cc2cc(O)cc(C(=O)O)c2OB1O. The van der Waals surface area contributed by atoms with Gasteiger partial charge in [0.15, 0.2) is 0 Å². The highest BCUT2D eigenvalue weighted by Crippen LogP contribution is 2.38. The third-order valence-corrected chi connectivity index (χ3v) is 3.39. The predicted molar refractivity (Wildman–Crippen MR) is 71.0 cm³/mol. The number of carboxylic acids is 1. The highest BCUT2D eigenvalue weighted by Gasteiger charge is 2.37. The minimum Gasteiger partial charge on any atom is -0.535 e. The van der Waals surface area contributed by atoms with E-state index in [0.29, 0.717) is 12.0 Å². The van der Waals surface area contributed by atoms with Crippen molar-refractivity contribution in [3.8, 4) is 11.5 Å². The molecule has 7 heteroatoms. The number of phenolic OH excluding ortho intramolecular Hbond substituents is 1. The summed E-state index contributed by atoms with van der Waals surface area (Å²) in [5.74, 6) is -1.80. The Morgan fingerprint density at radius 3 is 2.75 bits per heavy atom. The number of carboxylic acid groups (broad SMARTS) is 1. The molecule has 0 saturated carbocycles. The van der Waals surface area contributed by atoms with E-state index in [-0.39, 0.29) is 35.7 Å². The van der Waals surface area contributed by atoms with Crippen molar-refractivity contribution < 1.29 is 29.5 Å². The number of phenols is 1. The van der Waals surface area contributed by atoms with Crippen molar-refractivity contribution in [3.63, 3.8) is 0 Å². The van der Waals surface area contributed by atoms with Gasteiger partial charge in [-0.05, 0) is 24.1 Å². The molecule has 6 nitrogen and oxygen atoms in total. The molecule has 2 rings (SSSR count). The van der Waals surface area contributed by atoms with Gasteiger partial charge in [-0.15, -0.1) is 0 Å². The summed E-state index contributed by atoms with van der Waals surface area (Å²) in [6.07, 6.45) is 0.822. The second-order valence-electron chi connectivity index (χ2n) is 4.86. The molecule has 0 aliphatic carbocycles. The van der Waals surface area contributed by atoms with E-state index < -0.39 is 18.9 Å². The molecule has 0 aromatic heterocycles. The van der Waals surface area contributed by atoms with Crippen molar-refractivity contribution in [2.45, 2.75) is 32.0 Å². The fraction of sp³-hybridized carbons (Fsp3) is 0.385. The molecule has 0 fully saturated rings. The molecule has 0 spiro atoms. The average Bonchev–Trinajstić information content (AvgIpc) is 2.39.